The van der Waals surface area contributed by atoms with Crippen LogP contribution in [0.15, 0.2) is 87.5 Å². The van der Waals surface area contributed by atoms with Gasteiger partial charge in [0.1, 0.15) is 11.5 Å². The van der Waals surface area contributed by atoms with Gasteiger partial charge in [0.2, 0.25) is 0 Å². The van der Waals surface area contributed by atoms with Crippen LogP contribution in [0.5, 0.6) is 11.5 Å². The molecule has 1 aromatic heterocycles. The summed E-state index contributed by atoms with van der Waals surface area (Å²) in [5.74, 6) is 2.01. The summed E-state index contributed by atoms with van der Waals surface area (Å²) in [7, 11) is 3.24. The fraction of sp³-hybridized carbons (Fsp3) is 0.120. The molecule has 4 rings (SSSR count). The second kappa shape index (κ2) is 11.7. The van der Waals surface area contributed by atoms with Gasteiger partial charge in [-0.25, -0.2) is 5.43 Å². The molecule has 3 aromatic carbocycles. The Kier molecular flexibility index (Phi) is 8.17. The molecule has 0 spiro atoms. The maximum atomic E-state index is 12.4. The van der Waals surface area contributed by atoms with Gasteiger partial charge in [0.05, 0.1) is 26.2 Å². The number of thioether (sulfide) groups is 1. The van der Waals surface area contributed by atoms with Crippen LogP contribution in [0.3, 0.4) is 0 Å². The highest BCUT2D eigenvalue weighted by atomic mass is 79.9. The van der Waals surface area contributed by atoms with E-state index in [0.717, 1.165) is 32.8 Å². The molecule has 8 nitrogen and oxygen atoms in total. The van der Waals surface area contributed by atoms with Crippen LogP contribution >= 0.6 is 27.7 Å². The number of benzene rings is 3. The van der Waals surface area contributed by atoms with Crippen molar-refractivity contribution < 1.29 is 14.3 Å². The minimum absolute atomic E-state index is 0.120. The molecule has 10 heteroatoms. The highest BCUT2D eigenvalue weighted by Gasteiger charge is 2.17. The Morgan fingerprint density at radius 2 is 1.60 bits per heavy atom. The zero-order chi connectivity index (χ0) is 24.6. The largest absolute Gasteiger partial charge is 0.497 e. The van der Waals surface area contributed by atoms with Crippen LogP contribution in [0, 0.1) is 0 Å². The van der Waals surface area contributed by atoms with Gasteiger partial charge >= 0.3 is 0 Å². The second-order valence-corrected chi connectivity index (χ2v) is 9.06. The number of hydrogen-bond donors (Lipinski definition) is 1. The molecule has 0 unspecified atom stereocenters. The molecule has 1 heterocycles. The third-order valence-corrected chi connectivity index (χ3v) is 6.38. The average molecular weight is 552 g/mol. The number of amides is 1. The van der Waals surface area contributed by atoms with Gasteiger partial charge in [0.25, 0.3) is 5.91 Å². The Hall–Kier alpha value is -3.63. The number of rotatable bonds is 9. The monoisotopic (exact) mass is 551 g/mol. The van der Waals surface area contributed by atoms with E-state index in [1.54, 1.807) is 20.4 Å². The van der Waals surface area contributed by atoms with E-state index >= 15 is 0 Å². The zero-order valence-electron chi connectivity index (χ0n) is 19.0. The predicted molar refractivity (Wildman–Crippen MR) is 141 cm³/mol. The molecule has 0 saturated heterocycles. The first-order chi connectivity index (χ1) is 17.1. The first-order valence-electron chi connectivity index (χ1n) is 10.5. The fourth-order valence-electron chi connectivity index (χ4n) is 3.14. The molecule has 178 valence electrons. The van der Waals surface area contributed by atoms with E-state index in [2.05, 4.69) is 36.7 Å². The number of nitrogens with zero attached hydrogens (tertiary/aromatic N) is 4. The fourth-order valence-corrected chi connectivity index (χ4v) is 4.15. The van der Waals surface area contributed by atoms with Crippen molar-refractivity contribution in [2.24, 2.45) is 5.10 Å². The lowest BCUT2D eigenvalue weighted by atomic mass is 10.2. The minimum atomic E-state index is -0.251. The summed E-state index contributed by atoms with van der Waals surface area (Å²) in [5.41, 5.74) is 5.14. The van der Waals surface area contributed by atoms with Gasteiger partial charge in [0, 0.05) is 15.7 Å². The average Bonchev–Trinajstić information content (AvgIpc) is 3.32. The summed E-state index contributed by atoms with van der Waals surface area (Å²) in [4.78, 5) is 12.4. The van der Waals surface area contributed by atoms with Crippen LogP contribution < -0.4 is 14.9 Å². The Balaban J connectivity index is 1.52. The van der Waals surface area contributed by atoms with Gasteiger partial charge in [-0.2, -0.15) is 5.10 Å². The smallest absolute Gasteiger partial charge is 0.250 e. The molecule has 1 amide bonds. The molecule has 1 N–H and O–H groups in total. The number of ether oxygens (including phenoxy) is 2. The highest BCUT2D eigenvalue weighted by Crippen LogP contribution is 2.29. The number of carbonyl (C=O) groups is 1. The standard InChI is InChI=1S/C25H22BrN5O3S/c1-33-21-11-5-18(6-12-21)24-29-30-25(31(24)20-9-13-22(34-2)14-10-20)35-16-23(32)28-27-15-17-3-7-19(26)8-4-17/h3-15H,16H2,1-2H3,(H,28,32)/b27-15+. The van der Waals surface area contributed by atoms with Crippen LogP contribution in [0.4, 0.5) is 0 Å². The van der Waals surface area contributed by atoms with E-state index in [1.165, 1.54) is 11.8 Å². The molecular weight excluding hydrogens is 530 g/mol. The molecule has 35 heavy (non-hydrogen) atoms. The van der Waals surface area contributed by atoms with Crippen LogP contribution in [0.25, 0.3) is 17.1 Å². The molecule has 0 radical (unpaired) electrons. The number of halogens is 1. The highest BCUT2D eigenvalue weighted by molar-refractivity contribution is 9.10. The van der Waals surface area contributed by atoms with E-state index in [0.29, 0.717) is 11.0 Å². The number of hydrogen-bond acceptors (Lipinski definition) is 7. The number of aromatic nitrogens is 3. The summed E-state index contributed by atoms with van der Waals surface area (Å²) in [6.07, 6.45) is 1.59. The van der Waals surface area contributed by atoms with E-state index in [9.17, 15) is 4.79 Å². The number of nitrogens with one attached hydrogen (secondary N) is 1. The maximum Gasteiger partial charge on any atom is 0.250 e. The first-order valence-corrected chi connectivity index (χ1v) is 12.3. The van der Waals surface area contributed by atoms with Gasteiger partial charge in [-0.05, 0) is 66.2 Å². The van der Waals surface area contributed by atoms with Crippen LogP contribution in [0.2, 0.25) is 0 Å². The molecule has 0 atom stereocenters. The molecule has 0 bridgehead atoms. The van der Waals surface area contributed by atoms with Crippen molar-refractivity contribution in [3.8, 4) is 28.6 Å². The molecule has 0 fully saturated rings. The van der Waals surface area contributed by atoms with Crippen molar-refractivity contribution in [1.82, 2.24) is 20.2 Å². The summed E-state index contributed by atoms with van der Waals surface area (Å²) in [6.45, 7) is 0. The Bertz CT molecular complexity index is 1310. The van der Waals surface area contributed by atoms with Crippen molar-refractivity contribution in [1.29, 1.82) is 0 Å². The lowest BCUT2D eigenvalue weighted by Crippen LogP contribution is -2.20. The van der Waals surface area contributed by atoms with Gasteiger partial charge < -0.3 is 9.47 Å². The van der Waals surface area contributed by atoms with Crippen molar-refractivity contribution in [3.05, 3.63) is 82.8 Å². The molecule has 0 aliphatic heterocycles. The number of methoxy groups -OCH3 is 2. The van der Waals surface area contributed by atoms with E-state index in [4.69, 9.17) is 9.47 Å². The number of carbonyl (C=O) groups excluding carboxylic acids is 1. The van der Waals surface area contributed by atoms with Crippen molar-refractivity contribution in [2.45, 2.75) is 5.16 Å². The Morgan fingerprint density at radius 3 is 2.23 bits per heavy atom. The van der Waals surface area contributed by atoms with Crippen molar-refractivity contribution >= 4 is 39.8 Å². The zero-order valence-corrected chi connectivity index (χ0v) is 21.4. The van der Waals surface area contributed by atoms with Crippen LogP contribution in [-0.4, -0.2) is 46.9 Å². The van der Waals surface area contributed by atoms with E-state index in [1.807, 2.05) is 77.4 Å². The minimum Gasteiger partial charge on any atom is -0.497 e. The lowest BCUT2D eigenvalue weighted by molar-refractivity contribution is -0.118. The third kappa shape index (κ3) is 6.28. The SMILES string of the molecule is COc1ccc(-c2nnc(SCC(=O)N/N=C/c3ccc(Br)cc3)n2-c2ccc(OC)cc2)cc1. The van der Waals surface area contributed by atoms with Crippen molar-refractivity contribution in [3.63, 3.8) is 0 Å². The van der Waals surface area contributed by atoms with E-state index < -0.39 is 0 Å². The van der Waals surface area contributed by atoms with Gasteiger partial charge in [-0.1, -0.05) is 39.8 Å². The molecule has 0 saturated carbocycles. The van der Waals surface area contributed by atoms with Gasteiger partial charge in [-0.15, -0.1) is 10.2 Å². The summed E-state index contributed by atoms with van der Waals surface area (Å²) < 4.78 is 13.4. The predicted octanol–water partition coefficient (Wildman–Crippen LogP) is 4.96. The van der Waals surface area contributed by atoms with Crippen LogP contribution in [-0.2, 0) is 4.79 Å². The van der Waals surface area contributed by atoms with Crippen molar-refractivity contribution in [2.75, 3.05) is 20.0 Å². The maximum absolute atomic E-state index is 12.4. The molecule has 0 aliphatic rings. The first kappa shape index (κ1) is 24.5. The summed E-state index contributed by atoms with van der Waals surface area (Å²) >= 11 is 4.66. The molecule has 4 aromatic rings. The summed E-state index contributed by atoms with van der Waals surface area (Å²) in [5, 5.41) is 13.4. The third-order valence-electron chi connectivity index (χ3n) is 4.92. The van der Waals surface area contributed by atoms with Gasteiger partial charge in [0.15, 0.2) is 11.0 Å². The topological polar surface area (TPSA) is 90.6 Å². The molecule has 0 aliphatic carbocycles. The van der Waals surface area contributed by atoms with E-state index in [-0.39, 0.29) is 11.7 Å². The van der Waals surface area contributed by atoms with Crippen LogP contribution in [0.1, 0.15) is 5.56 Å². The number of hydrazone groups is 1. The molecular formula is C25H22BrN5O3S. The lowest BCUT2D eigenvalue weighted by Gasteiger charge is -2.11. The quantitative estimate of drug-likeness (QED) is 0.180. The van der Waals surface area contributed by atoms with Gasteiger partial charge in [-0.3, -0.25) is 9.36 Å². The second-order valence-electron chi connectivity index (χ2n) is 7.20. The Labute approximate surface area is 215 Å². The Morgan fingerprint density at radius 1 is 0.971 bits per heavy atom. The normalized spacial score (nSPS) is 10.9. The summed E-state index contributed by atoms with van der Waals surface area (Å²) in [6, 6.07) is 22.7.